The van der Waals surface area contributed by atoms with Crippen molar-refractivity contribution in [2.24, 2.45) is 0 Å². The van der Waals surface area contributed by atoms with Crippen molar-refractivity contribution < 1.29 is 18.8 Å². The fourth-order valence-electron chi connectivity index (χ4n) is 2.55. The number of carbonyl (C=O) groups excluding carboxylic acids is 1. The van der Waals surface area contributed by atoms with Crippen molar-refractivity contribution in [1.29, 1.82) is 0 Å². The summed E-state index contributed by atoms with van der Waals surface area (Å²) in [6, 6.07) is 11.3. The number of amides is 1. The predicted molar refractivity (Wildman–Crippen MR) is 92.8 cm³/mol. The van der Waals surface area contributed by atoms with Crippen molar-refractivity contribution in [3.63, 3.8) is 0 Å². The van der Waals surface area contributed by atoms with Gasteiger partial charge in [0.25, 0.3) is 0 Å². The highest BCUT2D eigenvalue weighted by Gasteiger charge is 2.15. The topological polar surface area (TPSA) is 73.6 Å². The predicted octanol–water partition coefficient (Wildman–Crippen LogP) is 3.03. The van der Waals surface area contributed by atoms with Crippen molar-refractivity contribution in [2.45, 2.75) is 13.0 Å². The van der Waals surface area contributed by atoms with Gasteiger partial charge in [-0.05, 0) is 29.6 Å². The summed E-state index contributed by atoms with van der Waals surface area (Å²) in [5, 5.41) is 8.85. The first kappa shape index (κ1) is 15.7. The smallest absolute Gasteiger partial charge is 0.226 e. The second-order valence-corrected chi connectivity index (χ2v) is 6.61. The van der Waals surface area contributed by atoms with E-state index in [9.17, 15) is 4.79 Å². The van der Waals surface area contributed by atoms with Crippen molar-refractivity contribution in [3.05, 3.63) is 52.3 Å². The van der Waals surface area contributed by atoms with Gasteiger partial charge in [0, 0.05) is 16.5 Å². The van der Waals surface area contributed by atoms with Crippen LogP contribution in [0.3, 0.4) is 0 Å². The van der Waals surface area contributed by atoms with Gasteiger partial charge in [0.2, 0.25) is 5.91 Å². The third-order valence-corrected chi connectivity index (χ3v) is 4.64. The number of thiophene rings is 1. The number of rotatable bonds is 5. The van der Waals surface area contributed by atoms with Gasteiger partial charge in [-0.2, -0.15) is 0 Å². The number of fused-ring (bicyclic) bond motifs is 1. The molecule has 0 spiro atoms. The normalized spacial score (nSPS) is 12.8. The highest BCUT2D eigenvalue weighted by Crippen LogP contribution is 2.34. The van der Waals surface area contributed by atoms with Crippen LogP contribution in [0.25, 0.3) is 11.3 Å². The zero-order valence-corrected chi connectivity index (χ0v) is 14.2. The summed E-state index contributed by atoms with van der Waals surface area (Å²) in [7, 11) is 0. The van der Waals surface area contributed by atoms with Crippen LogP contribution in [0.1, 0.15) is 10.6 Å². The molecule has 2 aromatic heterocycles. The van der Waals surface area contributed by atoms with Gasteiger partial charge in [-0.1, -0.05) is 11.2 Å². The number of aromatic nitrogens is 1. The Morgan fingerprint density at radius 3 is 2.88 bits per heavy atom. The molecular weight excluding hydrogens is 340 g/mol. The lowest BCUT2D eigenvalue weighted by atomic mass is 10.1. The molecular formula is C18H16N2O4S. The van der Waals surface area contributed by atoms with Crippen molar-refractivity contribution >= 4 is 17.2 Å². The number of benzene rings is 1. The Hall–Kier alpha value is -2.80. The summed E-state index contributed by atoms with van der Waals surface area (Å²) in [5.41, 5.74) is 1.43. The molecule has 0 radical (unpaired) electrons. The first-order valence-electron chi connectivity index (χ1n) is 7.92. The van der Waals surface area contributed by atoms with Crippen LogP contribution in [0, 0.1) is 0 Å². The average Bonchev–Trinajstić information content (AvgIpc) is 3.31. The Kier molecular flexibility index (Phi) is 4.39. The minimum absolute atomic E-state index is 0.0876. The van der Waals surface area contributed by atoms with E-state index >= 15 is 0 Å². The summed E-state index contributed by atoms with van der Waals surface area (Å²) in [4.78, 5) is 13.1. The summed E-state index contributed by atoms with van der Waals surface area (Å²) >= 11 is 1.61. The SMILES string of the molecule is O=C(Cc1cc(-c2ccc3c(c2)OCCO3)on1)NCc1cccs1. The van der Waals surface area contributed by atoms with E-state index in [1.165, 1.54) is 0 Å². The van der Waals surface area contributed by atoms with Crippen LogP contribution in [-0.2, 0) is 17.8 Å². The largest absolute Gasteiger partial charge is 0.486 e. The number of nitrogens with one attached hydrogen (secondary N) is 1. The zero-order chi connectivity index (χ0) is 17.1. The zero-order valence-electron chi connectivity index (χ0n) is 13.4. The molecule has 0 fully saturated rings. The molecule has 1 aliphatic heterocycles. The molecule has 0 aliphatic carbocycles. The number of carbonyl (C=O) groups is 1. The lowest BCUT2D eigenvalue weighted by Crippen LogP contribution is -2.24. The lowest BCUT2D eigenvalue weighted by molar-refractivity contribution is -0.120. The molecule has 7 heteroatoms. The molecule has 0 saturated carbocycles. The van der Waals surface area contributed by atoms with Gasteiger partial charge in [0.05, 0.1) is 18.7 Å². The number of nitrogens with zero attached hydrogens (tertiary/aromatic N) is 1. The van der Waals surface area contributed by atoms with Crippen LogP contribution in [0.15, 0.2) is 46.3 Å². The Morgan fingerprint density at radius 1 is 1.16 bits per heavy atom. The molecule has 4 rings (SSSR count). The van der Waals surface area contributed by atoms with Crippen molar-refractivity contribution in [3.8, 4) is 22.8 Å². The van der Waals surface area contributed by atoms with E-state index in [4.69, 9.17) is 14.0 Å². The number of ether oxygens (including phenoxy) is 2. The third kappa shape index (κ3) is 3.66. The standard InChI is InChI=1S/C18H16N2O4S/c21-18(19-11-14-2-1-7-25-14)10-13-9-16(24-20-13)12-3-4-15-17(8-12)23-6-5-22-15/h1-4,7-9H,5-6,10-11H2,(H,19,21). The van der Waals surface area contributed by atoms with Gasteiger partial charge >= 0.3 is 0 Å². The van der Waals surface area contributed by atoms with Gasteiger partial charge in [-0.25, -0.2) is 0 Å². The fourth-order valence-corrected chi connectivity index (χ4v) is 3.20. The van der Waals surface area contributed by atoms with E-state index in [2.05, 4.69) is 10.5 Å². The Labute approximate surface area is 148 Å². The molecule has 0 unspecified atom stereocenters. The highest BCUT2D eigenvalue weighted by molar-refractivity contribution is 7.09. The Morgan fingerprint density at radius 2 is 2.04 bits per heavy atom. The molecule has 25 heavy (non-hydrogen) atoms. The maximum absolute atomic E-state index is 12.0. The van der Waals surface area contributed by atoms with E-state index < -0.39 is 0 Å². The van der Waals surface area contributed by atoms with Crippen LogP contribution in [0.4, 0.5) is 0 Å². The summed E-state index contributed by atoms with van der Waals surface area (Å²) in [6.45, 7) is 1.62. The van der Waals surface area contributed by atoms with Crippen molar-refractivity contribution in [1.82, 2.24) is 10.5 Å². The van der Waals surface area contributed by atoms with Gasteiger partial charge < -0.3 is 19.3 Å². The molecule has 0 saturated heterocycles. The molecule has 6 nitrogen and oxygen atoms in total. The first-order valence-corrected chi connectivity index (χ1v) is 8.80. The lowest BCUT2D eigenvalue weighted by Gasteiger charge is -2.18. The highest BCUT2D eigenvalue weighted by atomic mass is 32.1. The average molecular weight is 356 g/mol. The molecule has 1 aliphatic rings. The van der Waals surface area contributed by atoms with Crippen LogP contribution >= 0.6 is 11.3 Å². The monoisotopic (exact) mass is 356 g/mol. The number of hydrogen-bond acceptors (Lipinski definition) is 6. The molecule has 0 bridgehead atoms. The maximum Gasteiger partial charge on any atom is 0.226 e. The minimum atomic E-state index is -0.0876. The molecule has 1 N–H and O–H groups in total. The third-order valence-electron chi connectivity index (χ3n) is 3.77. The van der Waals surface area contributed by atoms with Crippen LogP contribution < -0.4 is 14.8 Å². The summed E-state index contributed by atoms with van der Waals surface area (Å²) in [5.74, 6) is 1.92. The molecule has 3 aromatic rings. The van der Waals surface area contributed by atoms with Crippen molar-refractivity contribution in [2.75, 3.05) is 13.2 Å². The van der Waals surface area contributed by atoms with Gasteiger partial charge in [0.15, 0.2) is 17.3 Å². The second kappa shape index (κ2) is 6.98. The Bertz CT molecular complexity index is 873. The summed E-state index contributed by atoms with van der Waals surface area (Å²) in [6.07, 6.45) is 0.180. The van der Waals surface area contributed by atoms with Gasteiger partial charge in [-0.15, -0.1) is 11.3 Å². The molecule has 3 heterocycles. The van der Waals surface area contributed by atoms with E-state index in [0.29, 0.717) is 37.0 Å². The van der Waals surface area contributed by atoms with E-state index in [1.54, 1.807) is 17.4 Å². The molecule has 1 amide bonds. The number of hydrogen-bond donors (Lipinski definition) is 1. The van der Waals surface area contributed by atoms with E-state index in [1.807, 2.05) is 35.7 Å². The van der Waals surface area contributed by atoms with Gasteiger partial charge in [-0.3, -0.25) is 4.79 Å². The van der Waals surface area contributed by atoms with Gasteiger partial charge in [0.1, 0.15) is 13.2 Å². The quantitative estimate of drug-likeness (QED) is 0.761. The molecule has 128 valence electrons. The Balaban J connectivity index is 1.40. The molecule has 0 atom stereocenters. The summed E-state index contributed by atoms with van der Waals surface area (Å²) < 4.78 is 16.4. The van der Waals surface area contributed by atoms with Crippen LogP contribution in [0.5, 0.6) is 11.5 Å². The maximum atomic E-state index is 12.0. The van der Waals surface area contributed by atoms with E-state index in [-0.39, 0.29) is 12.3 Å². The molecule has 1 aromatic carbocycles. The van der Waals surface area contributed by atoms with E-state index in [0.717, 1.165) is 16.2 Å². The second-order valence-electron chi connectivity index (χ2n) is 5.57. The van der Waals surface area contributed by atoms with Crippen LogP contribution in [0.2, 0.25) is 0 Å². The fraction of sp³-hybridized carbons (Fsp3) is 0.222. The minimum Gasteiger partial charge on any atom is -0.486 e. The first-order chi connectivity index (χ1) is 12.3. The van der Waals surface area contributed by atoms with Crippen LogP contribution in [-0.4, -0.2) is 24.3 Å².